The van der Waals surface area contributed by atoms with Crippen LogP contribution < -0.4 is 5.32 Å². The molecule has 0 bridgehead atoms. The van der Waals surface area contributed by atoms with E-state index in [0.29, 0.717) is 6.61 Å². The summed E-state index contributed by atoms with van der Waals surface area (Å²) in [6.07, 6.45) is 2.81. The van der Waals surface area contributed by atoms with E-state index in [9.17, 15) is 0 Å². The quantitative estimate of drug-likeness (QED) is 0.681. The number of rotatable bonds is 3. The molecule has 0 unspecified atom stereocenters. The van der Waals surface area contributed by atoms with Gasteiger partial charge in [-0.3, -0.25) is 0 Å². The second-order valence-electron chi connectivity index (χ2n) is 3.38. The summed E-state index contributed by atoms with van der Waals surface area (Å²) >= 11 is 0. The van der Waals surface area contributed by atoms with Gasteiger partial charge in [0, 0.05) is 13.7 Å². The fourth-order valence-corrected chi connectivity index (χ4v) is 1.62. The van der Waals surface area contributed by atoms with Crippen LogP contribution in [0.1, 0.15) is 19.3 Å². The van der Waals surface area contributed by atoms with Gasteiger partial charge in [0.2, 0.25) is 0 Å². The molecule has 0 radical (unpaired) electrons. The Bertz CT molecular complexity index is 168. The molecular weight excluding hydrogens is 152 g/mol. The van der Waals surface area contributed by atoms with Crippen LogP contribution in [0.25, 0.3) is 0 Å². The standard InChI is InChI=1S/C9H16N2O/c1-12-7-4-9(8-10)2-5-11-6-3-9/h11H,2-7H2,1H3. The monoisotopic (exact) mass is 168 g/mol. The van der Waals surface area contributed by atoms with Gasteiger partial charge in [0.15, 0.2) is 0 Å². The summed E-state index contributed by atoms with van der Waals surface area (Å²) in [5, 5.41) is 12.3. The SMILES string of the molecule is COCCC1(C#N)CCNCC1. The van der Waals surface area contributed by atoms with Gasteiger partial charge in [0.1, 0.15) is 0 Å². The summed E-state index contributed by atoms with van der Waals surface area (Å²) in [6.45, 7) is 2.64. The summed E-state index contributed by atoms with van der Waals surface area (Å²) in [4.78, 5) is 0. The highest BCUT2D eigenvalue weighted by Crippen LogP contribution is 2.31. The minimum atomic E-state index is -0.110. The Balaban J connectivity index is 2.44. The average Bonchev–Trinajstić information content (AvgIpc) is 2.16. The van der Waals surface area contributed by atoms with Crippen LogP contribution in [0.3, 0.4) is 0 Å². The average molecular weight is 168 g/mol. The zero-order chi connectivity index (χ0) is 8.86. The first-order valence-corrected chi connectivity index (χ1v) is 4.44. The number of nitriles is 1. The first-order chi connectivity index (χ1) is 5.83. The Morgan fingerprint density at radius 3 is 2.67 bits per heavy atom. The van der Waals surface area contributed by atoms with Crippen LogP contribution in [-0.4, -0.2) is 26.8 Å². The number of nitrogens with zero attached hydrogens (tertiary/aromatic N) is 1. The lowest BCUT2D eigenvalue weighted by Crippen LogP contribution is -2.36. The van der Waals surface area contributed by atoms with E-state index in [0.717, 1.165) is 32.4 Å². The number of nitrogens with one attached hydrogen (secondary N) is 1. The highest BCUT2D eigenvalue weighted by atomic mass is 16.5. The Labute approximate surface area is 73.7 Å². The van der Waals surface area contributed by atoms with Crippen molar-refractivity contribution in [2.75, 3.05) is 26.8 Å². The number of hydrogen-bond acceptors (Lipinski definition) is 3. The molecule has 1 saturated heterocycles. The van der Waals surface area contributed by atoms with Gasteiger partial charge in [-0.05, 0) is 32.4 Å². The third kappa shape index (κ3) is 2.20. The molecule has 1 N–H and O–H groups in total. The van der Waals surface area contributed by atoms with Crippen molar-refractivity contribution in [2.24, 2.45) is 5.41 Å². The second-order valence-corrected chi connectivity index (χ2v) is 3.38. The molecule has 3 nitrogen and oxygen atoms in total. The Morgan fingerprint density at radius 1 is 1.50 bits per heavy atom. The lowest BCUT2D eigenvalue weighted by molar-refractivity contribution is 0.142. The first-order valence-electron chi connectivity index (χ1n) is 4.44. The molecule has 3 heteroatoms. The van der Waals surface area contributed by atoms with Crippen molar-refractivity contribution in [3.05, 3.63) is 0 Å². The van der Waals surface area contributed by atoms with Gasteiger partial charge in [0.05, 0.1) is 11.5 Å². The van der Waals surface area contributed by atoms with Crippen LogP contribution in [0.4, 0.5) is 0 Å². The van der Waals surface area contributed by atoms with Gasteiger partial charge in [-0.25, -0.2) is 0 Å². The highest BCUT2D eigenvalue weighted by molar-refractivity contribution is 5.01. The Hall–Kier alpha value is -0.590. The van der Waals surface area contributed by atoms with E-state index in [1.54, 1.807) is 7.11 Å². The second kappa shape index (κ2) is 4.44. The molecule has 0 aromatic carbocycles. The third-order valence-corrected chi connectivity index (χ3v) is 2.58. The summed E-state index contributed by atoms with van der Waals surface area (Å²) < 4.78 is 5.00. The van der Waals surface area contributed by atoms with Crippen molar-refractivity contribution in [3.63, 3.8) is 0 Å². The van der Waals surface area contributed by atoms with Gasteiger partial charge in [0.25, 0.3) is 0 Å². The predicted octanol–water partition coefficient (Wildman–Crippen LogP) is 0.916. The van der Waals surface area contributed by atoms with E-state index in [-0.39, 0.29) is 5.41 Å². The van der Waals surface area contributed by atoms with Crippen LogP contribution in [0.15, 0.2) is 0 Å². The third-order valence-electron chi connectivity index (χ3n) is 2.58. The van der Waals surface area contributed by atoms with Crippen LogP contribution >= 0.6 is 0 Å². The fraction of sp³-hybridized carbons (Fsp3) is 0.889. The molecule has 1 aliphatic heterocycles. The van der Waals surface area contributed by atoms with Crippen molar-refractivity contribution >= 4 is 0 Å². The van der Waals surface area contributed by atoms with Crippen molar-refractivity contribution in [1.82, 2.24) is 5.32 Å². The topological polar surface area (TPSA) is 45.0 Å². The number of hydrogen-bond donors (Lipinski definition) is 1. The molecule has 0 aliphatic carbocycles. The lowest BCUT2D eigenvalue weighted by atomic mass is 9.78. The van der Waals surface area contributed by atoms with Crippen LogP contribution in [0.2, 0.25) is 0 Å². The molecule has 0 aromatic heterocycles. The van der Waals surface area contributed by atoms with Gasteiger partial charge in [-0.1, -0.05) is 0 Å². The summed E-state index contributed by atoms with van der Waals surface area (Å²) in [7, 11) is 1.69. The minimum absolute atomic E-state index is 0.110. The Morgan fingerprint density at radius 2 is 2.17 bits per heavy atom. The molecule has 68 valence electrons. The minimum Gasteiger partial charge on any atom is -0.385 e. The maximum Gasteiger partial charge on any atom is 0.0691 e. The fourth-order valence-electron chi connectivity index (χ4n) is 1.62. The molecule has 1 aliphatic rings. The van der Waals surface area contributed by atoms with Crippen LogP contribution in [0.5, 0.6) is 0 Å². The molecule has 1 heterocycles. The normalized spacial score (nSPS) is 21.7. The molecule has 0 aromatic rings. The van der Waals surface area contributed by atoms with Crippen molar-refractivity contribution in [2.45, 2.75) is 19.3 Å². The maximum atomic E-state index is 9.03. The smallest absolute Gasteiger partial charge is 0.0691 e. The summed E-state index contributed by atoms with van der Waals surface area (Å²) in [5.41, 5.74) is -0.110. The van der Waals surface area contributed by atoms with E-state index in [1.807, 2.05) is 0 Å². The van der Waals surface area contributed by atoms with Crippen molar-refractivity contribution < 1.29 is 4.74 Å². The predicted molar refractivity (Wildman–Crippen MR) is 46.6 cm³/mol. The zero-order valence-corrected chi connectivity index (χ0v) is 7.60. The van der Waals surface area contributed by atoms with Gasteiger partial charge in [-0.2, -0.15) is 5.26 Å². The van der Waals surface area contributed by atoms with Gasteiger partial charge >= 0.3 is 0 Å². The van der Waals surface area contributed by atoms with E-state index in [2.05, 4.69) is 11.4 Å². The molecule has 0 saturated carbocycles. The van der Waals surface area contributed by atoms with E-state index in [4.69, 9.17) is 10.00 Å². The lowest BCUT2D eigenvalue weighted by Gasteiger charge is -2.30. The first kappa shape index (κ1) is 9.50. The molecular formula is C9H16N2O. The molecule has 0 atom stereocenters. The zero-order valence-electron chi connectivity index (χ0n) is 7.60. The molecule has 1 fully saturated rings. The number of piperidine rings is 1. The molecule has 12 heavy (non-hydrogen) atoms. The molecule has 0 amide bonds. The summed E-state index contributed by atoms with van der Waals surface area (Å²) in [6, 6.07) is 2.43. The van der Waals surface area contributed by atoms with Gasteiger partial charge < -0.3 is 10.1 Å². The van der Waals surface area contributed by atoms with Crippen molar-refractivity contribution in [1.29, 1.82) is 5.26 Å². The maximum absolute atomic E-state index is 9.03. The summed E-state index contributed by atoms with van der Waals surface area (Å²) in [5.74, 6) is 0. The van der Waals surface area contributed by atoms with E-state index >= 15 is 0 Å². The van der Waals surface area contributed by atoms with E-state index < -0.39 is 0 Å². The number of ether oxygens (including phenoxy) is 1. The number of methoxy groups -OCH3 is 1. The van der Waals surface area contributed by atoms with Crippen LogP contribution in [-0.2, 0) is 4.74 Å². The molecule has 0 spiro atoms. The van der Waals surface area contributed by atoms with Crippen molar-refractivity contribution in [3.8, 4) is 6.07 Å². The molecule has 1 rings (SSSR count). The van der Waals surface area contributed by atoms with Crippen LogP contribution in [0, 0.1) is 16.7 Å². The van der Waals surface area contributed by atoms with Gasteiger partial charge in [-0.15, -0.1) is 0 Å². The Kier molecular flexibility index (Phi) is 3.51. The van der Waals surface area contributed by atoms with E-state index in [1.165, 1.54) is 0 Å². The highest BCUT2D eigenvalue weighted by Gasteiger charge is 2.31. The largest absolute Gasteiger partial charge is 0.385 e.